The van der Waals surface area contributed by atoms with E-state index in [1.54, 1.807) is 12.1 Å². The van der Waals surface area contributed by atoms with Gasteiger partial charge in [0.2, 0.25) is 0 Å². The number of hydrogen-bond donors (Lipinski definition) is 1. The smallest absolute Gasteiger partial charge is 0.123 e. The highest BCUT2D eigenvalue weighted by atomic mass is 79.9. The summed E-state index contributed by atoms with van der Waals surface area (Å²) in [4.78, 5) is 0. The summed E-state index contributed by atoms with van der Waals surface area (Å²) in [5.41, 5.74) is 7.70. The lowest BCUT2D eigenvalue weighted by Crippen LogP contribution is -2.14. The molecule has 0 aliphatic rings. The highest BCUT2D eigenvalue weighted by Crippen LogP contribution is 2.29. The standard InChI is InChI=1S/C14H11BrCl2FN/c15-12-3-1-9(16)7-11(12)14(19)6-8-5-10(18)2-4-13(8)17/h1-5,7,14H,6,19H2. The second kappa shape index (κ2) is 6.23. The molecule has 0 aliphatic carbocycles. The summed E-state index contributed by atoms with van der Waals surface area (Å²) in [5, 5.41) is 1.12. The van der Waals surface area contributed by atoms with Crippen molar-refractivity contribution in [3.8, 4) is 0 Å². The molecule has 0 aliphatic heterocycles. The third kappa shape index (κ3) is 3.69. The molecule has 1 nitrogen and oxygen atoms in total. The molecule has 100 valence electrons. The zero-order valence-electron chi connectivity index (χ0n) is 9.84. The van der Waals surface area contributed by atoms with Crippen molar-refractivity contribution < 1.29 is 4.39 Å². The average molecular weight is 363 g/mol. The molecule has 2 rings (SSSR count). The molecule has 0 bridgehead atoms. The first-order chi connectivity index (χ1) is 8.97. The normalized spacial score (nSPS) is 12.5. The van der Waals surface area contributed by atoms with Crippen LogP contribution in [0.1, 0.15) is 17.2 Å². The summed E-state index contributed by atoms with van der Waals surface area (Å²) >= 11 is 15.4. The molecule has 1 atom stereocenters. The lowest BCUT2D eigenvalue weighted by Gasteiger charge is -2.15. The Morgan fingerprint density at radius 2 is 1.89 bits per heavy atom. The van der Waals surface area contributed by atoms with Crippen LogP contribution >= 0.6 is 39.1 Å². The van der Waals surface area contributed by atoms with Crippen LogP contribution in [0.15, 0.2) is 40.9 Å². The van der Waals surface area contributed by atoms with Crippen LogP contribution in [0.2, 0.25) is 10.0 Å². The highest BCUT2D eigenvalue weighted by molar-refractivity contribution is 9.10. The van der Waals surface area contributed by atoms with Gasteiger partial charge in [-0.25, -0.2) is 4.39 Å². The minimum Gasteiger partial charge on any atom is -0.324 e. The van der Waals surface area contributed by atoms with Gasteiger partial charge in [-0.15, -0.1) is 0 Å². The van der Waals surface area contributed by atoms with Crippen molar-refractivity contribution >= 4 is 39.1 Å². The zero-order chi connectivity index (χ0) is 14.0. The summed E-state index contributed by atoms with van der Waals surface area (Å²) in [7, 11) is 0. The van der Waals surface area contributed by atoms with E-state index in [0.29, 0.717) is 22.0 Å². The molecule has 0 spiro atoms. The van der Waals surface area contributed by atoms with Crippen LogP contribution in [0, 0.1) is 5.82 Å². The number of hydrogen-bond acceptors (Lipinski definition) is 1. The van der Waals surface area contributed by atoms with Crippen molar-refractivity contribution in [2.45, 2.75) is 12.5 Å². The second-order valence-electron chi connectivity index (χ2n) is 4.21. The van der Waals surface area contributed by atoms with Crippen molar-refractivity contribution in [2.75, 3.05) is 0 Å². The Bertz CT molecular complexity index is 604. The Hall–Kier alpha value is -0.610. The lowest BCUT2D eigenvalue weighted by atomic mass is 9.99. The Morgan fingerprint density at radius 3 is 2.63 bits per heavy atom. The summed E-state index contributed by atoms with van der Waals surface area (Å²) in [5.74, 6) is -0.322. The maximum atomic E-state index is 13.2. The molecule has 19 heavy (non-hydrogen) atoms. The van der Waals surface area contributed by atoms with Crippen LogP contribution in [0.25, 0.3) is 0 Å². The monoisotopic (exact) mass is 361 g/mol. The fourth-order valence-corrected chi connectivity index (χ4v) is 2.76. The average Bonchev–Trinajstić information content (AvgIpc) is 2.36. The first-order valence-electron chi connectivity index (χ1n) is 5.62. The Labute approximate surface area is 129 Å². The molecule has 5 heteroatoms. The Balaban J connectivity index is 2.27. The zero-order valence-corrected chi connectivity index (χ0v) is 12.9. The minimum absolute atomic E-state index is 0.313. The molecule has 2 aromatic rings. The van der Waals surface area contributed by atoms with Crippen LogP contribution in [0.5, 0.6) is 0 Å². The van der Waals surface area contributed by atoms with Crippen molar-refractivity contribution in [2.24, 2.45) is 5.73 Å². The van der Waals surface area contributed by atoms with E-state index in [2.05, 4.69) is 15.9 Å². The molecule has 0 heterocycles. The molecule has 0 amide bonds. The van der Waals surface area contributed by atoms with E-state index in [-0.39, 0.29) is 11.9 Å². The number of benzene rings is 2. The van der Waals surface area contributed by atoms with Crippen molar-refractivity contribution in [1.29, 1.82) is 0 Å². The summed E-state index contributed by atoms with van der Waals surface area (Å²) in [6, 6.07) is 9.36. The van der Waals surface area contributed by atoms with Gasteiger partial charge in [-0.2, -0.15) is 0 Å². The SMILES string of the molecule is NC(Cc1cc(F)ccc1Cl)c1cc(Cl)ccc1Br. The summed E-state index contributed by atoms with van der Waals surface area (Å²) in [6.45, 7) is 0. The Morgan fingerprint density at radius 1 is 1.16 bits per heavy atom. The number of nitrogens with two attached hydrogens (primary N) is 1. The molecule has 2 N–H and O–H groups in total. The molecule has 0 aromatic heterocycles. The lowest BCUT2D eigenvalue weighted by molar-refractivity contribution is 0.622. The van der Waals surface area contributed by atoms with Crippen molar-refractivity contribution in [3.05, 3.63) is 67.9 Å². The molecular weight excluding hydrogens is 352 g/mol. The van der Waals surface area contributed by atoms with Gasteiger partial charge in [0.1, 0.15) is 5.82 Å². The van der Waals surface area contributed by atoms with Gasteiger partial charge in [-0.05, 0) is 53.9 Å². The quantitative estimate of drug-likeness (QED) is 0.803. The third-order valence-corrected chi connectivity index (χ3v) is 4.13. The van der Waals surface area contributed by atoms with Crippen molar-refractivity contribution in [3.63, 3.8) is 0 Å². The van der Waals surface area contributed by atoms with Gasteiger partial charge in [0, 0.05) is 20.6 Å². The Kier molecular flexibility index (Phi) is 4.85. The maximum Gasteiger partial charge on any atom is 0.123 e. The highest BCUT2D eigenvalue weighted by Gasteiger charge is 2.13. The maximum absolute atomic E-state index is 13.2. The fraction of sp³-hybridized carbons (Fsp3) is 0.143. The first kappa shape index (κ1) is 14.8. The van der Waals surface area contributed by atoms with Crippen molar-refractivity contribution in [1.82, 2.24) is 0 Å². The minimum atomic E-state index is -0.322. The molecule has 1 unspecified atom stereocenters. The fourth-order valence-electron chi connectivity index (χ4n) is 1.85. The second-order valence-corrected chi connectivity index (χ2v) is 5.91. The van der Waals surface area contributed by atoms with Gasteiger partial charge in [0.15, 0.2) is 0 Å². The van der Waals surface area contributed by atoms with Crippen LogP contribution in [0.4, 0.5) is 4.39 Å². The van der Waals surface area contributed by atoms with Gasteiger partial charge in [-0.1, -0.05) is 39.1 Å². The van der Waals surface area contributed by atoms with E-state index >= 15 is 0 Å². The summed E-state index contributed by atoms with van der Waals surface area (Å²) < 4.78 is 14.1. The van der Waals surface area contributed by atoms with E-state index in [0.717, 1.165) is 10.0 Å². The molecular formula is C14H11BrCl2FN. The number of halogens is 4. The van der Waals surface area contributed by atoms with Crippen LogP contribution in [-0.4, -0.2) is 0 Å². The van der Waals surface area contributed by atoms with Crippen LogP contribution in [0.3, 0.4) is 0 Å². The van der Waals surface area contributed by atoms with E-state index < -0.39 is 0 Å². The predicted molar refractivity (Wildman–Crippen MR) is 81.2 cm³/mol. The number of rotatable bonds is 3. The van der Waals surface area contributed by atoms with E-state index in [1.165, 1.54) is 18.2 Å². The first-order valence-corrected chi connectivity index (χ1v) is 7.16. The largest absolute Gasteiger partial charge is 0.324 e. The van der Waals surface area contributed by atoms with Gasteiger partial charge < -0.3 is 5.73 Å². The van der Waals surface area contributed by atoms with Gasteiger partial charge >= 0.3 is 0 Å². The van der Waals surface area contributed by atoms with E-state index in [4.69, 9.17) is 28.9 Å². The van der Waals surface area contributed by atoms with Gasteiger partial charge in [0.25, 0.3) is 0 Å². The summed E-state index contributed by atoms with van der Waals surface area (Å²) in [6.07, 6.45) is 0.440. The molecule has 0 saturated carbocycles. The predicted octanol–water partition coefficient (Wildman–Crippen LogP) is 5.14. The molecule has 0 fully saturated rings. The molecule has 0 saturated heterocycles. The van der Waals surface area contributed by atoms with Crippen LogP contribution in [-0.2, 0) is 6.42 Å². The van der Waals surface area contributed by atoms with Gasteiger partial charge in [0.05, 0.1) is 0 Å². The van der Waals surface area contributed by atoms with Crippen LogP contribution < -0.4 is 5.73 Å². The molecule has 0 radical (unpaired) electrons. The van der Waals surface area contributed by atoms with Gasteiger partial charge in [-0.3, -0.25) is 0 Å². The molecule has 2 aromatic carbocycles. The third-order valence-electron chi connectivity index (χ3n) is 2.81. The topological polar surface area (TPSA) is 26.0 Å². The van der Waals surface area contributed by atoms with E-state index in [1.807, 2.05) is 6.07 Å². The van der Waals surface area contributed by atoms with E-state index in [9.17, 15) is 4.39 Å².